The Morgan fingerprint density at radius 3 is 2.45 bits per heavy atom. The molecule has 1 unspecified atom stereocenters. The molecule has 1 aliphatic heterocycles. The summed E-state index contributed by atoms with van der Waals surface area (Å²) in [7, 11) is 0. The van der Waals surface area contributed by atoms with E-state index in [1.54, 1.807) is 5.57 Å². The first-order valence-corrected chi connectivity index (χ1v) is 13.7. The Bertz CT molecular complexity index is 702. The van der Waals surface area contributed by atoms with Gasteiger partial charge in [-0.2, -0.15) is 0 Å². The molecule has 5 aliphatic rings. The van der Waals surface area contributed by atoms with Crippen LogP contribution in [0, 0.1) is 45.8 Å². The monoisotopic (exact) mass is 427 g/mol. The lowest BCUT2D eigenvalue weighted by Crippen LogP contribution is -2.51. The fourth-order valence-electron chi connectivity index (χ4n) is 9.49. The number of aliphatic hydroxyl groups excluding tert-OH is 1. The van der Waals surface area contributed by atoms with E-state index in [1.807, 2.05) is 0 Å². The van der Waals surface area contributed by atoms with Gasteiger partial charge >= 0.3 is 0 Å². The quantitative estimate of drug-likeness (QED) is 0.508. The first-order valence-electron chi connectivity index (χ1n) is 13.7. The van der Waals surface area contributed by atoms with Crippen molar-refractivity contribution >= 4 is 0 Å². The molecule has 1 saturated heterocycles. The molecule has 2 heteroatoms. The van der Waals surface area contributed by atoms with Gasteiger partial charge in [0.1, 0.15) is 0 Å². The first kappa shape index (κ1) is 22.5. The van der Waals surface area contributed by atoms with Crippen LogP contribution in [0.3, 0.4) is 0 Å². The van der Waals surface area contributed by atoms with Crippen LogP contribution in [0.5, 0.6) is 0 Å². The summed E-state index contributed by atoms with van der Waals surface area (Å²) in [6.45, 7) is 16.7. The molecule has 0 radical (unpaired) electrons. The molecule has 0 aromatic heterocycles. The zero-order valence-electron chi connectivity index (χ0n) is 21.1. The van der Waals surface area contributed by atoms with E-state index < -0.39 is 0 Å². The number of aliphatic hydroxyl groups is 1. The third kappa shape index (κ3) is 3.76. The fourth-order valence-corrected chi connectivity index (χ4v) is 9.49. The van der Waals surface area contributed by atoms with Gasteiger partial charge in [-0.25, -0.2) is 0 Å². The van der Waals surface area contributed by atoms with Crippen molar-refractivity contribution < 1.29 is 5.11 Å². The summed E-state index contributed by atoms with van der Waals surface area (Å²) in [5.41, 5.74) is 3.12. The zero-order chi connectivity index (χ0) is 22.0. The Morgan fingerprint density at radius 2 is 1.71 bits per heavy atom. The molecule has 31 heavy (non-hydrogen) atoms. The van der Waals surface area contributed by atoms with Crippen LogP contribution in [-0.2, 0) is 0 Å². The summed E-state index contributed by atoms with van der Waals surface area (Å²) < 4.78 is 0. The van der Waals surface area contributed by atoms with Crippen LogP contribution in [0.1, 0.15) is 98.8 Å². The van der Waals surface area contributed by atoms with Crippen LogP contribution < -0.4 is 0 Å². The maximum absolute atomic E-state index is 10.3. The molecule has 1 N–H and O–H groups in total. The molecule has 0 aromatic rings. The number of fused-ring (bicyclic) bond motifs is 5. The van der Waals surface area contributed by atoms with E-state index in [0.717, 1.165) is 42.4 Å². The minimum absolute atomic E-state index is 0.0817. The van der Waals surface area contributed by atoms with E-state index in [1.165, 1.54) is 71.0 Å². The van der Waals surface area contributed by atoms with Gasteiger partial charge in [0, 0.05) is 6.54 Å². The minimum atomic E-state index is -0.0817. The number of nitrogens with zero attached hydrogens (tertiary/aromatic N) is 1. The highest BCUT2D eigenvalue weighted by Gasteiger charge is 2.59. The van der Waals surface area contributed by atoms with Crippen molar-refractivity contribution in [3.05, 3.63) is 11.6 Å². The predicted octanol–water partition coefficient (Wildman–Crippen LogP) is 6.68. The lowest BCUT2D eigenvalue weighted by molar-refractivity contribution is -0.0592. The number of hydrogen-bond donors (Lipinski definition) is 1. The average molecular weight is 428 g/mol. The highest BCUT2D eigenvalue weighted by molar-refractivity contribution is 5.25. The maximum Gasteiger partial charge on any atom is 0.0577 e. The van der Waals surface area contributed by atoms with Gasteiger partial charge in [-0.15, -0.1) is 0 Å². The van der Waals surface area contributed by atoms with Gasteiger partial charge in [-0.1, -0.05) is 46.3 Å². The largest absolute Gasteiger partial charge is 0.393 e. The van der Waals surface area contributed by atoms with E-state index in [4.69, 9.17) is 0 Å². The Kier molecular flexibility index (Phi) is 5.70. The zero-order valence-corrected chi connectivity index (χ0v) is 21.1. The van der Waals surface area contributed by atoms with Crippen molar-refractivity contribution in [2.24, 2.45) is 45.8 Å². The Hall–Kier alpha value is -0.340. The summed E-state index contributed by atoms with van der Waals surface area (Å²) in [4.78, 5) is 2.79. The van der Waals surface area contributed by atoms with Crippen LogP contribution in [0.15, 0.2) is 11.6 Å². The average Bonchev–Trinajstić information content (AvgIpc) is 3.07. The molecule has 0 bridgehead atoms. The molecular weight excluding hydrogens is 378 g/mol. The minimum Gasteiger partial charge on any atom is -0.393 e. The molecule has 4 aliphatic carbocycles. The molecule has 3 saturated carbocycles. The van der Waals surface area contributed by atoms with Gasteiger partial charge in [0.05, 0.1) is 6.10 Å². The maximum atomic E-state index is 10.3. The smallest absolute Gasteiger partial charge is 0.0577 e. The van der Waals surface area contributed by atoms with Gasteiger partial charge in [0.25, 0.3) is 0 Å². The van der Waals surface area contributed by atoms with Gasteiger partial charge in [0.2, 0.25) is 0 Å². The third-order valence-electron chi connectivity index (χ3n) is 11.6. The summed E-state index contributed by atoms with van der Waals surface area (Å²) in [5.74, 6) is 4.45. The number of piperidine rings is 1. The van der Waals surface area contributed by atoms with E-state index >= 15 is 0 Å². The fraction of sp³-hybridized carbons (Fsp3) is 0.931. The second-order valence-electron chi connectivity index (χ2n) is 13.8. The molecule has 0 aromatic carbocycles. The molecule has 1 heterocycles. The van der Waals surface area contributed by atoms with Crippen molar-refractivity contribution in [3.8, 4) is 0 Å². The van der Waals surface area contributed by atoms with Crippen LogP contribution >= 0.6 is 0 Å². The third-order valence-corrected chi connectivity index (χ3v) is 11.6. The number of hydrogen-bond acceptors (Lipinski definition) is 2. The van der Waals surface area contributed by atoms with Crippen molar-refractivity contribution in [1.29, 1.82) is 0 Å². The Labute approximate surface area is 192 Å². The van der Waals surface area contributed by atoms with E-state index in [-0.39, 0.29) is 6.10 Å². The SMILES string of the molecule is C[C@H](CN1CCC(C)(C)CC1)[C@H]1CC[C@H]2[C@@H]3CC=C4CC(O)CC[C@]4(C)[C@H]3CC[C@]12C. The van der Waals surface area contributed by atoms with Crippen molar-refractivity contribution in [3.63, 3.8) is 0 Å². The lowest BCUT2D eigenvalue weighted by Gasteiger charge is -2.58. The van der Waals surface area contributed by atoms with Gasteiger partial charge in [-0.3, -0.25) is 0 Å². The number of allylic oxidation sites excluding steroid dienone is 1. The second-order valence-corrected chi connectivity index (χ2v) is 13.8. The summed E-state index contributed by atoms with van der Waals surface area (Å²) in [6.07, 6.45) is 15.6. The molecule has 2 nitrogen and oxygen atoms in total. The summed E-state index contributed by atoms with van der Waals surface area (Å²) >= 11 is 0. The summed E-state index contributed by atoms with van der Waals surface area (Å²) in [6, 6.07) is 0. The molecule has 5 rings (SSSR count). The molecule has 0 amide bonds. The van der Waals surface area contributed by atoms with Crippen LogP contribution in [0.2, 0.25) is 0 Å². The van der Waals surface area contributed by atoms with Gasteiger partial charge < -0.3 is 10.0 Å². The number of rotatable bonds is 3. The Morgan fingerprint density at radius 1 is 0.968 bits per heavy atom. The standard InChI is InChI=1S/C29H49NO/c1-20(19-30-16-14-27(2,3)15-17-30)24-8-9-25-23-7-6-21-18-22(31)10-12-28(21,4)26(23)11-13-29(24,25)5/h6,20,22-26,31H,7-19H2,1-5H3/t20-,22?,23+,24-,25+,26+,28+,29-/m1/s1. The molecule has 176 valence electrons. The second kappa shape index (κ2) is 7.86. The van der Waals surface area contributed by atoms with Gasteiger partial charge in [0.15, 0.2) is 0 Å². The van der Waals surface area contributed by atoms with E-state index in [9.17, 15) is 5.11 Å². The summed E-state index contributed by atoms with van der Waals surface area (Å²) in [5, 5.41) is 10.3. The highest BCUT2D eigenvalue weighted by Crippen LogP contribution is 2.67. The van der Waals surface area contributed by atoms with Crippen LogP contribution in [-0.4, -0.2) is 35.7 Å². The molecule has 0 spiro atoms. The Balaban J connectivity index is 1.29. The highest BCUT2D eigenvalue weighted by atomic mass is 16.3. The normalized spacial score (nSPS) is 48.3. The van der Waals surface area contributed by atoms with Crippen molar-refractivity contribution in [2.45, 2.75) is 105 Å². The lowest BCUT2D eigenvalue weighted by atomic mass is 9.47. The molecule has 8 atom stereocenters. The van der Waals surface area contributed by atoms with Crippen molar-refractivity contribution in [1.82, 2.24) is 4.90 Å². The van der Waals surface area contributed by atoms with Crippen LogP contribution in [0.4, 0.5) is 0 Å². The topological polar surface area (TPSA) is 23.5 Å². The molecular formula is C29H49NO. The predicted molar refractivity (Wildman–Crippen MR) is 130 cm³/mol. The van der Waals surface area contributed by atoms with Crippen molar-refractivity contribution in [2.75, 3.05) is 19.6 Å². The van der Waals surface area contributed by atoms with E-state index in [0.29, 0.717) is 16.2 Å². The van der Waals surface area contributed by atoms with Gasteiger partial charge in [-0.05, 0) is 123 Å². The first-order chi connectivity index (χ1) is 14.6. The number of likely N-dealkylation sites (tertiary alicyclic amines) is 1. The molecule has 4 fully saturated rings. The van der Waals surface area contributed by atoms with Crippen LogP contribution in [0.25, 0.3) is 0 Å². The van der Waals surface area contributed by atoms with E-state index in [2.05, 4.69) is 45.6 Å².